The standard InChI is InChI=1S/C25H30FNO4/c1-24(23(29)30)5-2-6-27(24)22(28)19-9-18(14-3-4-14)21(10-20(19)26)31-13-25-11-15-7-17(25)8-16(15)12-25/h9-10,14-17H,2-8,11-13H2,1H3,(H,29,30)/t15?,16?,17?,24-,25?/m0/s1. The lowest BCUT2D eigenvalue weighted by Crippen LogP contribution is -2.51. The van der Waals surface area contributed by atoms with E-state index in [1.807, 2.05) is 0 Å². The van der Waals surface area contributed by atoms with Crippen molar-refractivity contribution >= 4 is 11.9 Å². The van der Waals surface area contributed by atoms with Crippen LogP contribution in [0, 0.1) is 29.0 Å². The predicted molar refractivity (Wildman–Crippen MR) is 112 cm³/mol. The Kier molecular flexibility index (Phi) is 4.07. The van der Waals surface area contributed by atoms with Crippen molar-refractivity contribution in [2.75, 3.05) is 13.2 Å². The molecule has 5 nitrogen and oxygen atoms in total. The topological polar surface area (TPSA) is 66.8 Å². The zero-order chi connectivity index (χ0) is 21.5. The highest BCUT2D eigenvalue weighted by Gasteiger charge is 2.63. The highest BCUT2D eigenvalue weighted by molar-refractivity contribution is 5.98. The summed E-state index contributed by atoms with van der Waals surface area (Å²) in [6, 6.07) is 3.03. The number of rotatable bonds is 6. The van der Waals surface area contributed by atoms with Crippen molar-refractivity contribution < 1.29 is 23.8 Å². The summed E-state index contributed by atoms with van der Waals surface area (Å²) in [7, 11) is 0. The van der Waals surface area contributed by atoms with E-state index in [2.05, 4.69) is 0 Å². The van der Waals surface area contributed by atoms with Gasteiger partial charge in [-0.05, 0) is 93.6 Å². The fourth-order valence-corrected chi connectivity index (χ4v) is 7.36. The molecule has 1 amide bonds. The number of hydrogen-bond acceptors (Lipinski definition) is 3. The van der Waals surface area contributed by atoms with E-state index >= 15 is 4.39 Å². The number of likely N-dealkylation sites (tertiary alicyclic amines) is 1. The largest absolute Gasteiger partial charge is 0.493 e. The molecule has 1 N–H and O–H groups in total. The Hall–Kier alpha value is -2.11. The number of benzene rings is 1. The van der Waals surface area contributed by atoms with Gasteiger partial charge in [0.2, 0.25) is 0 Å². The van der Waals surface area contributed by atoms with Crippen LogP contribution in [0.1, 0.15) is 80.1 Å². The molecular formula is C25H30FNO4. The number of carbonyl (C=O) groups is 2. The molecule has 4 bridgehead atoms. The molecule has 1 aliphatic heterocycles. The lowest BCUT2D eigenvalue weighted by Gasteiger charge is -2.32. The smallest absolute Gasteiger partial charge is 0.329 e. The Morgan fingerprint density at radius 3 is 2.52 bits per heavy atom. The van der Waals surface area contributed by atoms with E-state index < -0.39 is 23.2 Å². The van der Waals surface area contributed by atoms with Crippen molar-refractivity contribution in [3.63, 3.8) is 0 Å². The minimum Gasteiger partial charge on any atom is -0.493 e. The maximum absolute atomic E-state index is 15.2. The van der Waals surface area contributed by atoms with Gasteiger partial charge in [0.15, 0.2) is 0 Å². The van der Waals surface area contributed by atoms with Crippen molar-refractivity contribution in [1.29, 1.82) is 0 Å². The molecule has 1 saturated heterocycles. The fraction of sp³-hybridized carbons (Fsp3) is 0.680. The monoisotopic (exact) mass is 427 g/mol. The Morgan fingerprint density at radius 1 is 1.23 bits per heavy atom. The van der Waals surface area contributed by atoms with Crippen LogP contribution in [0.15, 0.2) is 12.1 Å². The first-order valence-corrected chi connectivity index (χ1v) is 11.8. The molecule has 7 rings (SSSR count). The van der Waals surface area contributed by atoms with E-state index in [9.17, 15) is 14.7 Å². The summed E-state index contributed by atoms with van der Waals surface area (Å²) in [4.78, 5) is 26.3. The number of ether oxygens (including phenoxy) is 1. The molecule has 0 aromatic heterocycles. The molecule has 6 fully saturated rings. The van der Waals surface area contributed by atoms with Crippen LogP contribution in [-0.4, -0.2) is 40.6 Å². The van der Waals surface area contributed by atoms with Gasteiger partial charge in [-0.15, -0.1) is 0 Å². The Bertz CT molecular complexity index is 959. The van der Waals surface area contributed by atoms with E-state index in [-0.39, 0.29) is 11.0 Å². The third-order valence-electron chi connectivity index (χ3n) is 9.25. The van der Waals surface area contributed by atoms with Gasteiger partial charge < -0.3 is 14.7 Å². The normalized spacial score (nSPS) is 37.7. The summed E-state index contributed by atoms with van der Waals surface area (Å²) in [6.07, 6.45) is 8.21. The minimum atomic E-state index is -1.28. The second-order valence-electron chi connectivity index (χ2n) is 11.0. The average Bonchev–Trinajstić information content (AvgIpc) is 3.02. The van der Waals surface area contributed by atoms with Crippen molar-refractivity contribution in [2.24, 2.45) is 23.2 Å². The van der Waals surface area contributed by atoms with E-state index in [0.29, 0.717) is 37.7 Å². The molecule has 1 aromatic rings. The molecule has 1 heterocycles. The highest BCUT2D eigenvalue weighted by atomic mass is 19.1. The number of halogens is 1. The number of hydrogen-bond donors (Lipinski definition) is 1. The molecule has 6 heteroatoms. The van der Waals surface area contributed by atoms with Crippen molar-refractivity contribution in [1.82, 2.24) is 4.90 Å². The summed E-state index contributed by atoms with van der Waals surface area (Å²) in [5.41, 5.74) is -0.108. The van der Waals surface area contributed by atoms with Crippen LogP contribution in [0.5, 0.6) is 5.75 Å². The summed E-state index contributed by atoms with van der Waals surface area (Å²) in [5.74, 6) is 1.23. The number of carboxylic acids is 1. The number of aliphatic carboxylic acids is 1. The Morgan fingerprint density at radius 2 is 1.94 bits per heavy atom. The highest BCUT2D eigenvalue weighted by Crippen LogP contribution is 2.70. The Labute approximate surface area is 181 Å². The molecule has 31 heavy (non-hydrogen) atoms. The fourth-order valence-electron chi connectivity index (χ4n) is 7.36. The van der Waals surface area contributed by atoms with Gasteiger partial charge in [-0.3, -0.25) is 4.79 Å². The lowest BCUT2D eigenvalue weighted by atomic mass is 9.82. The summed E-state index contributed by atoms with van der Waals surface area (Å²) in [6.45, 7) is 2.54. The molecule has 5 aliphatic carbocycles. The predicted octanol–water partition coefficient (Wildman–Crippen LogP) is 4.60. The van der Waals surface area contributed by atoms with Crippen LogP contribution in [0.2, 0.25) is 0 Å². The number of carboxylic acid groups (broad SMARTS) is 1. The molecule has 0 radical (unpaired) electrons. The summed E-state index contributed by atoms with van der Waals surface area (Å²) < 4.78 is 21.5. The van der Waals surface area contributed by atoms with Crippen LogP contribution in [0.25, 0.3) is 0 Å². The molecular weight excluding hydrogens is 397 g/mol. The zero-order valence-electron chi connectivity index (χ0n) is 18.0. The molecule has 5 saturated carbocycles. The maximum Gasteiger partial charge on any atom is 0.329 e. The first kappa shape index (κ1) is 19.6. The van der Waals surface area contributed by atoms with Gasteiger partial charge in [0.1, 0.15) is 17.1 Å². The van der Waals surface area contributed by atoms with Crippen LogP contribution in [0.4, 0.5) is 4.39 Å². The number of nitrogens with zero attached hydrogens (tertiary/aromatic N) is 1. The third kappa shape index (κ3) is 2.79. The van der Waals surface area contributed by atoms with Crippen LogP contribution >= 0.6 is 0 Å². The van der Waals surface area contributed by atoms with Gasteiger partial charge in [-0.2, -0.15) is 0 Å². The molecule has 6 aliphatic rings. The quantitative estimate of drug-likeness (QED) is 0.721. The van der Waals surface area contributed by atoms with Crippen molar-refractivity contribution in [2.45, 2.75) is 69.7 Å². The second-order valence-corrected chi connectivity index (χ2v) is 11.0. The van der Waals surface area contributed by atoms with Gasteiger partial charge >= 0.3 is 5.97 Å². The maximum atomic E-state index is 15.2. The van der Waals surface area contributed by atoms with Gasteiger partial charge in [0.25, 0.3) is 5.91 Å². The van der Waals surface area contributed by atoms with Crippen LogP contribution in [0.3, 0.4) is 0 Å². The van der Waals surface area contributed by atoms with Gasteiger partial charge in [-0.1, -0.05) is 0 Å². The van der Waals surface area contributed by atoms with Crippen LogP contribution in [-0.2, 0) is 4.79 Å². The summed E-state index contributed by atoms with van der Waals surface area (Å²) >= 11 is 0. The minimum absolute atomic E-state index is 0.0224. The van der Waals surface area contributed by atoms with Crippen molar-refractivity contribution in [3.05, 3.63) is 29.1 Å². The molecule has 1 aromatic carbocycles. The van der Waals surface area contributed by atoms with Crippen LogP contribution < -0.4 is 4.74 Å². The zero-order valence-corrected chi connectivity index (χ0v) is 18.0. The van der Waals surface area contributed by atoms with E-state index in [1.165, 1.54) is 36.6 Å². The average molecular weight is 428 g/mol. The van der Waals surface area contributed by atoms with Gasteiger partial charge in [-0.25, -0.2) is 9.18 Å². The van der Waals surface area contributed by atoms with Crippen molar-refractivity contribution in [3.8, 4) is 5.75 Å². The first-order valence-electron chi connectivity index (χ1n) is 11.8. The molecule has 2 unspecified atom stereocenters. The second kappa shape index (κ2) is 6.46. The third-order valence-corrected chi connectivity index (χ3v) is 9.25. The van der Waals surface area contributed by atoms with E-state index in [4.69, 9.17) is 4.74 Å². The molecule has 166 valence electrons. The molecule has 0 spiro atoms. The van der Waals surface area contributed by atoms with Gasteiger partial charge in [0, 0.05) is 18.0 Å². The Balaban J connectivity index is 1.27. The SMILES string of the molecule is C[C@@]1(C(=O)O)CCCN1C(=O)c1cc(C2CC2)c(OCC23CC4CC2CC4C3)cc1F. The van der Waals surface area contributed by atoms with E-state index in [0.717, 1.165) is 36.2 Å². The van der Waals surface area contributed by atoms with E-state index in [1.54, 1.807) is 13.0 Å². The van der Waals surface area contributed by atoms with Gasteiger partial charge in [0.05, 0.1) is 12.2 Å². The number of amides is 1. The number of carbonyl (C=O) groups excluding carboxylic acids is 1. The first-order chi connectivity index (χ1) is 14.8. The lowest BCUT2D eigenvalue weighted by molar-refractivity contribution is -0.147. The molecule has 3 atom stereocenters. The summed E-state index contributed by atoms with van der Waals surface area (Å²) in [5, 5.41) is 9.65.